The first kappa shape index (κ1) is 23.4. The molecule has 4 aromatic rings. The molecule has 1 aliphatic heterocycles. The zero-order valence-electron chi connectivity index (χ0n) is 19.5. The van der Waals surface area contributed by atoms with E-state index in [0.717, 1.165) is 16.1 Å². The number of hydrogen-bond donors (Lipinski definition) is 2. The van der Waals surface area contributed by atoms with Crippen LogP contribution in [0.15, 0.2) is 90.6 Å². The molecule has 3 heterocycles. The van der Waals surface area contributed by atoms with Gasteiger partial charge in [0.1, 0.15) is 0 Å². The fourth-order valence-corrected chi connectivity index (χ4v) is 5.26. The maximum Gasteiger partial charge on any atom is 0.255 e. The first-order chi connectivity index (χ1) is 17.5. The minimum Gasteiger partial charge on any atom is -0.326 e. The van der Waals surface area contributed by atoms with Crippen molar-refractivity contribution in [3.8, 4) is 0 Å². The third-order valence-corrected chi connectivity index (χ3v) is 7.08. The van der Waals surface area contributed by atoms with E-state index < -0.39 is 12.0 Å². The highest BCUT2D eigenvalue weighted by Gasteiger charge is 2.45. The van der Waals surface area contributed by atoms with Gasteiger partial charge in [-0.3, -0.25) is 19.4 Å². The van der Waals surface area contributed by atoms with Gasteiger partial charge in [-0.2, -0.15) is 0 Å². The van der Waals surface area contributed by atoms with E-state index in [1.54, 1.807) is 53.7 Å². The van der Waals surface area contributed by atoms with E-state index in [4.69, 9.17) is 0 Å². The molecular weight excluding hydrogens is 472 g/mol. The molecule has 1 aliphatic rings. The molecule has 0 aliphatic carbocycles. The summed E-state index contributed by atoms with van der Waals surface area (Å²) >= 11 is 1.53. The lowest BCUT2D eigenvalue weighted by atomic mass is 9.97. The lowest BCUT2D eigenvalue weighted by molar-refractivity contribution is -0.122. The molecule has 0 radical (unpaired) electrons. The van der Waals surface area contributed by atoms with Gasteiger partial charge >= 0.3 is 0 Å². The Kier molecular flexibility index (Phi) is 6.60. The molecule has 2 N–H and O–H groups in total. The first-order valence-corrected chi connectivity index (χ1v) is 12.4. The third-order valence-electron chi connectivity index (χ3n) is 6.14. The van der Waals surface area contributed by atoms with Crippen molar-refractivity contribution in [1.82, 2.24) is 4.98 Å². The summed E-state index contributed by atoms with van der Waals surface area (Å²) in [5.74, 6) is -1.16. The van der Waals surface area contributed by atoms with E-state index in [-0.39, 0.29) is 24.1 Å². The second kappa shape index (κ2) is 10.1. The summed E-state index contributed by atoms with van der Waals surface area (Å²) < 4.78 is 0. The summed E-state index contributed by atoms with van der Waals surface area (Å²) in [6.45, 7) is 2.00. The fraction of sp³-hybridized carbons (Fsp3) is 0.143. The average molecular weight is 497 g/mol. The van der Waals surface area contributed by atoms with Crippen molar-refractivity contribution in [3.63, 3.8) is 0 Å². The van der Waals surface area contributed by atoms with Crippen molar-refractivity contribution < 1.29 is 14.4 Å². The van der Waals surface area contributed by atoms with Gasteiger partial charge in [-0.1, -0.05) is 29.8 Å². The number of amides is 3. The van der Waals surface area contributed by atoms with Gasteiger partial charge in [0.05, 0.1) is 12.0 Å². The lowest BCUT2D eigenvalue weighted by Gasteiger charge is -2.27. The van der Waals surface area contributed by atoms with E-state index in [2.05, 4.69) is 15.6 Å². The zero-order valence-corrected chi connectivity index (χ0v) is 20.4. The number of aromatic nitrogens is 1. The monoisotopic (exact) mass is 496 g/mol. The quantitative estimate of drug-likeness (QED) is 0.372. The first-order valence-electron chi connectivity index (χ1n) is 11.5. The van der Waals surface area contributed by atoms with Crippen LogP contribution in [-0.2, 0) is 9.59 Å². The third kappa shape index (κ3) is 4.89. The van der Waals surface area contributed by atoms with E-state index >= 15 is 0 Å². The molecule has 0 bridgehead atoms. The Bertz CT molecular complexity index is 1390. The Labute approximate surface area is 212 Å². The molecular formula is C28H24N4O3S. The Morgan fingerprint density at radius 2 is 1.67 bits per heavy atom. The van der Waals surface area contributed by atoms with Gasteiger partial charge in [-0.15, -0.1) is 11.3 Å². The van der Waals surface area contributed by atoms with Crippen LogP contribution in [0.5, 0.6) is 0 Å². The smallest absolute Gasteiger partial charge is 0.255 e. The summed E-state index contributed by atoms with van der Waals surface area (Å²) in [6, 6.07) is 21.5. The second-order valence-corrected chi connectivity index (χ2v) is 9.61. The number of anilines is 3. The number of hydrogen-bond acceptors (Lipinski definition) is 5. The molecule has 0 spiro atoms. The molecule has 1 saturated heterocycles. The lowest BCUT2D eigenvalue weighted by Crippen LogP contribution is -2.32. The molecule has 36 heavy (non-hydrogen) atoms. The number of rotatable bonds is 6. The van der Waals surface area contributed by atoms with Crippen molar-refractivity contribution in [1.29, 1.82) is 0 Å². The van der Waals surface area contributed by atoms with Gasteiger partial charge < -0.3 is 15.5 Å². The predicted octanol–water partition coefficient (Wildman–Crippen LogP) is 5.44. The van der Waals surface area contributed by atoms with Gasteiger partial charge in [0.15, 0.2) is 0 Å². The Balaban J connectivity index is 1.36. The number of pyridine rings is 1. The Morgan fingerprint density at radius 1 is 0.944 bits per heavy atom. The zero-order chi connectivity index (χ0) is 25.1. The minimum atomic E-state index is -0.562. The molecule has 7 nitrogen and oxygen atoms in total. The normalized spacial score (nSPS) is 17.1. The van der Waals surface area contributed by atoms with Gasteiger partial charge in [-0.25, -0.2) is 0 Å². The van der Waals surface area contributed by atoms with Gasteiger partial charge in [0, 0.05) is 46.3 Å². The van der Waals surface area contributed by atoms with Gasteiger partial charge in [0.25, 0.3) is 5.91 Å². The highest BCUT2D eigenvalue weighted by molar-refractivity contribution is 7.10. The summed E-state index contributed by atoms with van der Waals surface area (Å²) in [6.07, 6.45) is 3.22. The van der Waals surface area contributed by atoms with Crippen LogP contribution >= 0.6 is 11.3 Å². The van der Waals surface area contributed by atoms with E-state index in [1.807, 2.05) is 48.7 Å². The van der Waals surface area contributed by atoms with Crippen LogP contribution < -0.4 is 15.5 Å². The molecule has 2 unspecified atom stereocenters. The molecule has 8 heteroatoms. The van der Waals surface area contributed by atoms with Crippen LogP contribution in [0.25, 0.3) is 0 Å². The van der Waals surface area contributed by atoms with Crippen LogP contribution in [0.3, 0.4) is 0 Å². The maximum atomic E-state index is 13.5. The van der Waals surface area contributed by atoms with Crippen LogP contribution in [0.4, 0.5) is 17.1 Å². The number of benzene rings is 2. The van der Waals surface area contributed by atoms with Crippen LogP contribution in [-0.4, -0.2) is 22.7 Å². The van der Waals surface area contributed by atoms with Gasteiger partial charge in [0.2, 0.25) is 11.8 Å². The maximum absolute atomic E-state index is 13.5. The molecule has 180 valence electrons. The number of carbonyl (C=O) groups is 3. The Hall–Kier alpha value is -4.30. The highest BCUT2D eigenvalue weighted by Crippen LogP contribution is 2.43. The van der Waals surface area contributed by atoms with E-state index in [0.29, 0.717) is 16.9 Å². The summed E-state index contributed by atoms with van der Waals surface area (Å²) in [7, 11) is 0. The number of nitrogens with one attached hydrogen (secondary N) is 2. The van der Waals surface area contributed by atoms with E-state index in [1.165, 1.54) is 11.3 Å². The topological polar surface area (TPSA) is 91.4 Å². The number of thiophene rings is 1. The molecule has 1 fully saturated rings. The van der Waals surface area contributed by atoms with Crippen molar-refractivity contribution >= 4 is 46.1 Å². The highest BCUT2D eigenvalue weighted by atomic mass is 32.1. The fourth-order valence-electron chi connectivity index (χ4n) is 4.38. The van der Waals surface area contributed by atoms with Crippen molar-refractivity contribution in [2.45, 2.75) is 19.4 Å². The second-order valence-electron chi connectivity index (χ2n) is 8.63. The predicted molar refractivity (Wildman–Crippen MR) is 141 cm³/mol. The molecule has 0 saturated carbocycles. The van der Waals surface area contributed by atoms with Crippen LogP contribution in [0.2, 0.25) is 0 Å². The van der Waals surface area contributed by atoms with Crippen LogP contribution in [0, 0.1) is 12.8 Å². The summed E-state index contributed by atoms with van der Waals surface area (Å²) in [5.41, 5.74) is 3.45. The van der Waals surface area contributed by atoms with Crippen LogP contribution in [0.1, 0.15) is 33.3 Å². The average Bonchev–Trinajstić information content (AvgIpc) is 3.53. The van der Waals surface area contributed by atoms with Gasteiger partial charge in [-0.05, 0) is 60.8 Å². The van der Waals surface area contributed by atoms with Crippen molar-refractivity contribution in [2.75, 3.05) is 15.5 Å². The van der Waals surface area contributed by atoms with Crippen molar-refractivity contribution in [3.05, 3.63) is 107 Å². The largest absolute Gasteiger partial charge is 0.326 e. The SMILES string of the molecule is Cc1ccc(N2C(=O)CC(C(=O)Nc3cccc(NC(=O)c4ccncc4)c3)C2c2cccs2)cc1. The summed E-state index contributed by atoms with van der Waals surface area (Å²) in [5, 5.41) is 7.74. The standard InChI is InChI=1S/C28H24N4O3S/c1-18-7-9-22(10-8-18)32-25(33)17-23(26(32)24-6-3-15-36-24)28(35)31-21-5-2-4-20(16-21)30-27(34)19-11-13-29-14-12-19/h2-16,23,26H,17H2,1H3,(H,30,34)(H,31,35). The number of nitrogens with zero attached hydrogens (tertiary/aromatic N) is 2. The molecule has 2 aromatic carbocycles. The molecule has 2 aromatic heterocycles. The minimum absolute atomic E-state index is 0.0873. The van der Waals surface area contributed by atoms with E-state index in [9.17, 15) is 14.4 Å². The molecule has 3 amide bonds. The summed E-state index contributed by atoms with van der Waals surface area (Å²) in [4.78, 5) is 45.7. The Morgan fingerprint density at radius 3 is 2.36 bits per heavy atom. The number of aryl methyl sites for hydroxylation is 1. The molecule has 5 rings (SSSR count). The van der Waals surface area contributed by atoms with Crippen molar-refractivity contribution in [2.24, 2.45) is 5.92 Å². The number of carbonyl (C=O) groups excluding carboxylic acids is 3. The molecule has 2 atom stereocenters.